The number of hydrogen-bond donors (Lipinski definition) is 3. The molecule has 0 spiro atoms. The molecule has 9 unspecified atom stereocenters. The van der Waals surface area contributed by atoms with Gasteiger partial charge in [0.05, 0.1) is 23.4 Å². The normalized spacial score (nSPS) is 33.9. The lowest BCUT2D eigenvalue weighted by Crippen LogP contribution is -2.49. The number of carbonyl (C=O) groups excluding carboxylic acids is 3. The highest BCUT2D eigenvalue weighted by atomic mass is 32.2. The van der Waals surface area contributed by atoms with Gasteiger partial charge in [0.25, 0.3) is 6.29 Å². The fraction of sp³-hybridized carbons (Fsp3) is 0.842. The van der Waals surface area contributed by atoms with Crippen molar-refractivity contribution >= 4 is 28.0 Å². The number of halogens is 2. The van der Waals surface area contributed by atoms with Crippen LogP contribution in [0.4, 0.5) is 8.78 Å². The van der Waals surface area contributed by atoms with Crippen LogP contribution >= 0.6 is 0 Å². The zero-order valence-corrected chi connectivity index (χ0v) is 19.0. The van der Waals surface area contributed by atoms with E-state index in [4.69, 9.17) is 14.0 Å². The van der Waals surface area contributed by atoms with Gasteiger partial charge in [-0.1, -0.05) is 13.8 Å². The smallest absolute Gasteiger partial charge is 0.430 e. The molecule has 1 saturated heterocycles. The monoisotopic (exact) mass is 500 g/mol. The number of fused-ring (bicyclic) bond motifs is 1. The number of carbonyl (C=O) groups is 3. The summed E-state index contributed by atoms with van der Waals surface area (Å²) in [6.45, 7) is 5.43. The summed E-state index contributed by atoms with van der Waals surface area (Å²) in [6.07, 6.45) is -4.57. The minimum atomic E-state index is -6.07. The largest absolute Gasteiger partial charge is 0.458 e. The number of esters is 3. The molecule has 1 aliphatic heterocycles. The van der Waals surface area contributed by atoms with Crippen molar-refractivity contribution in [3.8, 4) is 0 Å². The molecule has 0 aromatic heterocycles. The average molecular weight is 500 g/mol. The zero-order chi connectivity index (χ0) is 25.3. The third kappa shape index (κ3) is 4.21. The molecule has 0 aromatic carbocycles. The Morgan fingerprint density at radius 3 is 2.21 bits per heavy atom. The highest BCUT2D eigenvalue weighted by molar-refractivity contribution is 7.86. The van der Waals surface area contributed by atoms with Crippen LogP contribution in [0.2, 0.25) is 0 Å². The lowest BCUT2D eigenvalue weighted by Gasteiger charge is -2.38. The van der Waals surface area contributed by atoms with Crippen molar-refractivity contribution in [3.63, 3.8) is 0 Å². The summed E-state index contributed by atoms with van der Waals surface area (Å²) < 4.78 is 71.5. The molecule has 11 nitrogen and oxygen atoms in total. The second kappa shape index (κ2) is 8.10. The minimum absolute atomic E-state index is 0.229. The molecule has 33 heavy (non-hydrogen) atoms. The van der Waals surface area contributed by atoms with Crippen LogP contribution in [-0.2, 0) is 38.7 Å². The van der Waals surface area contributed by atoms with Crippen molar-refractivity contribution < 1.29 is 60.6 Å². The Morgan fingerprint density at radius 1 is 1.15 bits per heavy atom. The van der Waals surface area contributed by atoms with E-state index < -0.39 is 81.1 Å². The molecule has 14 heteroatoms. The van der Waals surface area contributed by atoms with Crippen molar-refractivity contribution in [1.29, 1.82) is 0 Å². The van der Waals surface area contributed by atoms with Gasteiger partial charge in [-0.05, 0) is 20.3 Å². The van der Waals surface area contributed by atoms with Crippen LogP contribution < -0.4 is 0 Å². The number of aliphatic hydroxyl groups excluding tert-OH is 1. The minimum Gasteiger partial charge on any atom is -0.458 e. The molecule has 2 bridgehead atoms. The summed E-state index contributed by atoms with van der Waals surface area (Å²) in [5.41, 5.74) is -1.25. The molecule has 0 aromatic rings. The summed E-state index contributed by atoms with van der Waals surface area (Å²) in [5, 5.41) is 14.6. The fourth-order valence-electron chi connectivity index (χ4n) is 5.17. The molecule has 2 aliphatic carbocycles. The molecule has 0 radical (unpaired) electrons. The number of aliphatic hydroxyl groups is 2. The first-order chi connectivity index (χ1) is 14.9. The molecule has 188 valence electrons. The van der Waals surface area contributed by atoms with Gasteiger partial charge in [-0.2, -0.15) is 17.2 Å². The Labute approximate surface area is 188 Å². The Bertz CT molecular complexity index is 944. The summed E-state index contributed by atoms with van der Waals surface area (Å²) in [4.78, 5) is 37.1. The quantitative estimate of drug-likeness (QED) is 0.178. The summed E-state index contributed by atoms with van der Waals surface area (Å²) in [5.74, 6) is -7.31. The predicted molar refractivity (Wildman–Crippen MR) is 102 cm³/mol. The molecule has 3 rings (SSSR count). The lowest BCUT2D eigenvalue weighted by atomic mass is 9.71. The van der Waals surface area contributed by atoms with Gasteiger partial charge < -0.3 is 24.4 Å². The second-order valence-electron chi connectivity index (χ2n) is 9.48. The highest BCUT2D eigenvalue weighted by Gasteiger charge is 2.70. The highest BCUT2D eigenvalue weighted by Crippen LogP contribution is 2.61. The van der Waals surface area contributed by atoms with E-state index in [1.54, 1.807) is 13.8 Å². The van der Waals surface area contributed by atoms with Crippen molar-refractivity contribution in [3.05, 3.63) is 0 Å². The van der Waals surface area contributed by atoms with Gasteiger partial charge in [-0.3, -0.25) is 18.9 Å². The van der Waals surface area contributed by atoms with Crippen LogP contribution in [0.1, 0.15) is 34.1 Å². The standard InChI is InChI=1S/C19H26F2O11S/c1-6(7(2)15(23)32-17(25)19(20,21)33(27,28)29)14(22)30-13-9-5-8-10(11(9)18(3,4)26)16(24)31-12(8)13/h6-13,17,25-26H,5H2,1-4H3,(H,27,28,29). The Balaban J connectivity index is 1.67. The first kappa shape index (κ1) is 25.7. The van der Waals surface area contributed by atoms with Gasteiger partial charge >= 0.3 is 33.3 Å². The van der Waals surface area contributed by atoms with Crippen molar-refractivity contribution in [2.75, 3.05) is 0 Å². The van der Waals surface area contributed by atoms with Crippen molar-refractivity contribution in [2.24, 2.45) is 35.5 Å². The maximum atomic E-state index is 13.4. The second-order valence-corrected chi connectivity index (χ2v) is 11.0. The third-order valence-electron chi connectivity index (χ3n) is 6.97. The van der Waals surface area contributed by atoms with Crippen LogP contribution in [0.15, 0.2) is 0 Å². The number of hydrogen-bond acceptors (Lipinski definition) is 10. The molecule has 0 amide bonds. The molecule has 1 heterocycles. The van der Waals surface area contributed by atoms with Gasteiger partial charge in [0.15, 0.2) is 0 Å². The number of ether oxygens (including phenoxy) is 3. The van der Waals surface area contributed by atoms with E-state index in [-0.39, 0.29) is 11.8 Å². The van der Waals surface area contributed by atoms with Crippen LogP contribution in [0.5, 0.6) is 0 Å². The molecule has 2 saturated carbocycles. The fourth-order valence-corrected chi connectivity index (χ4v) is 5.48. The van der Waals surface area contributed by atoms with Gasteiger partial charge in [0.2, 0.25) is 0 Å². The average Bonchev–Trinajstić information content (AvgIpc) is 3.28. The molecule has 3 fully saturated rings. The molecule has 9 atom stereocenters. The van der Waals surface area contributed by atoms with Crippen molar-refractivity contribution in [2.45, 2.75) is 63.5 Å². The van der Waals surface area contributed by atoms with Gasteiger partial charge in [0, 0.05) is 17.8 Å². The van der Waals surface area contributed by atoms with Gasteiger partial charge in [0.1, 0.15) is 12.2 Å². The van der Waals surface area contributed by atoms with Crippen LogP contribution in [-0.4, -0.2) is 70.4 Å². The van der Waals surface area contributed by atoms with E-state index in [2.05, 4.69) is 4.74 Å². The third-order valence-corrected chi connectivity index (χ3v) is 7.86. The van der Waals surface area contributed by atoms with E-state index in [9.17, 15) is 41.8 Å². The Kier molecular flexibility index (Phi) is 6.31. The van der Waals surface area contributed by atoms with E-state index in [1.165, 1.54) is 6.92 Å². The van der Waals surface area contributed by atoms with Crippen LogP contribution in [0, 0.1) is 35.5 Å². The van der Waals surface area contributed by atoms with E-state index in [1.807, 2.05) is 0 Å². The maximum Gasteiger partial charge on any atom is 0.430 e. The Hall–Kier alpha value is -1.90. The lowest BCUT2D eigenvalue weighted by molar-refractivity contribution is -0.211. The summed E-state index contributed by atoms with van der Waals surface area (Å²) in [6, 6.07) is 0. The zero-order valence-electron chi connectivity index (χ0n) is 18.2. The topological polar surface area (TPSA) is 174 Å². The summed E-state index contributed by atoms with van der Waals surface area (Å²) in [7, 11) is -6.07. The van der Waals surface area contributed by atoms with Gasteiger partial charge in [-0.15, -0.1) is 0 Å². The Morgan fingerprint density at radius 2 is 1.70 bits per heavy atom. The number of rotatable bonds is 8. The molecular weight excluding hydrogens is 474 g/mol. The predicted octanol–water partition coefficient (Wildman–Crippen LogP) is 0.0910. The maximum absolute atomic E-state index is 13.4. The van der Waals surface area contributed by atoms with E-state index >= 15 is 0 Å². The first-order valence-electron chi connectivity index (χ1n) is 10.3. The van der Waals surface area contributed by atoms with Crippen molar-refractivity contribution in [1.82, 2.24) is 0 Å². The van der Waals surface area contributed by atoms with E-state index in [0.717, 1.165) is 6.92 Å². The molecular formula is C19H26F2O11S. The van der Waals surface area contributed by atoms with E-state index in [0.29, 0.717) is 6.42 Å². The molecule has 3 N–H and O–H groups in total. The summed E-state index contributed by atoms with van der Waals surface area (Å²) >= 11 is 0. The SMILES string of the molecule is CC(C(=O)OC1C2CC3C1OC(=O)C3C2C(C)(C)O)C(C)C(=O)OC(O)C(F)(F)S(=O)(=O)O. The van der Waals surface area contributed by atoms with Gasteiger partial charge in [-0.25, -0.2) is 0 Å². The number of alkyl halides is 2. The van der Waals surface area contributed by atoms with Crippen LogP contribution in [0.3, 0.4) is 0 Å². The first-order valence-corrected chi connectivity index (χ1v) is 11.7. The molecule has 3 aliphatic rings. The van der Waals surface area contributed by atoms with Crippen LogP contribution in [0.25, 0.3) is 0 Å².